The number of hydrogen-bond acceptors (Lipinski definition) is 3. The van der Waals surface area contributed by atoms with E-state index in [0.29, 0.717) is 12.3 Å². The van der Waals surface area contributed by atoms with Crippen molar-refractivity contribution in [3.05, 3.63) is 22.2 Å². The van der Waals surface area contributed by atoms with Gasteiger partial charge in [-0.3, -0.25) is 0 Å². The molecule has 0 atom stereocenters. The summed E-state index contributed by atoms with van der Waals surface area (Å²) < 4.78 is 11.8. The van der Waals surface area contributed by atoms with Crippen molar-refractivity contribution in [2.24, 2.45) is 5.73 Å². The van der Waals surface area contributed by atoms with Crippen molar-refractivity contribution in [2.75, 3.05) is 7.11 Å². The molecule has 0 aromatic heterocycles. The number of methoxy groups -OCH3 is 1. The van der Waals surface area contributed by atoms with Crippen LogP contribution in [0, 0.1) is 0 Å². The zero-order valence-corrected chi connectivity index (χ0v) is 10.8. The van der Waals surface area contributed by atoms with E-state index in [0.717, 1.165) is 15.8 Å². The Morgan fingerprint density at radius 2 is 2.00 bits per heavy atom. The Morgan fingerprint density at radius 3 is 2.47 bits per heavy atom. The Bertz CT molecular complexity index is 340. The largest absolute Gasteiger partial charge is 0.493 e. The zero-order chi connectivity index (χ0) is 11.4. The lowest BCUT2D eigenvalue weighted by Crippen LogP contribution is -2.07. The van der Waals surface area contributed by atoms with Crippen molar-refractivity contribution in [3.63, 3.8) is 0 Å². The van der Waals surface area contributed by atoms with Gasteiger partial charge >= 0.3 is 0 Å². The number of benzene rings is 1. The molecule has 1 aromatic carbocycles. The third kappa shape index (κ3) is 3.11. The SMILES string of the molecule is COc1cc(CN)c(Br)cc1OC(C)C. The Kier molecular flexibility index (Phi) is 4.42. The maximum absolute atomic E-state index is 5.62. The minimum Gasteiger partial charge on any atom is -0.493 e. The van der Waals surface area contributed by atoms with Crippen molar-refractivity contribution >= 4 is 15.9 Å². The summed E-state index contributed by atoms with van der Waals surface area (Å²) in [6.45, 7) is 4.42. The van der Waals surface area contributed by atoms with Gasteiger partial charge in [0.05, 0.1) is 13.2 Å². The van der Waals surface area contributed by atoms with Crippen LogP contribution < -0.4 is 15.2 Å². The summed E-state index contributed by atoms with van der Waals surface area (Å²) in [5.74, 6) is 1.45. The number of nitrogens with two attached hydrogens (primary N) is 1. The number of hydrogen-bond donors (Lipinski definition) is 1. The molecule has 4 heteroatoms. The van der Waals surface area contributed by atoms with E-state index in [1.165, 1.54) is 0 Å². The molecule has 0 aliphatic heterocycles. The van der Waals surface area contributed by atoms with E-state index in [1.54, 1.807) is 7.11 Å². The molecular formula is C11H16BrNO2. The zero-order valence-electron chi connectivity index (χ0n) is 9.21. The van der Waals surface area contributed by atoms with Crippen LogP contribution in [-0.4, -0.2) is 13.2 Å². The fraction of sp³-hybridized carbons (Fsp3) is 0.455. The second-order valence-electron chi connectivity index (χ2n) is 3.47. The van der Waals surface area contributed by atoms with Gasteiger partial charge in [0, 0.05) is 11.0 Å². The maximum atomic E-state index is 5.62. The van der Waals surface area contributed by atoms with Crippen LogP contribution in [0.4, 0.5) is 0 Å². The summed E-state index contributed by atoms with van der Waals surface area (Å²) in [7, 11) is 1.62. The average molecular weight is 274 g/mol. The summed E-state index contributed by atoms with van der Waals surface area (Å²) in [6.07, 6.45) is 0.120. The van der Waals surface area contributed by atoms with Crippen LogP contribution >= 0.6 is 15.9 Å². The van der Waals surface area contributed by atoms with Crippen LogP contribution in [0.15, 0.2) is 16.6 Å². The Morgan fingerprint density at radius 1 is 1.33 bits per heavy atom. The molecule has 0 aliphatic rings. The minimum absolute atomic E-state index is 0.120. The second kappa shape index (κ2) is 5.37. The molecule has 0 unspecified atom stereocenters. The number of ether oxygens (including phenoxy) is 2. The second-order valence-corrected chi connectivity index (χ2v) is 4.32. The molecule has 0 fully saturated rings. The molecule has 0 heterocycles. The van der Waals surface area contributed by atoms with Crippen LogP contribution in [0.3, 0.4) is 0 Å². The van der Waals surface area contributed by atoms with E-state index in [4.69, 9.17) is 15.2 Å². The van der Waals surface area contributed by atoms with Gasteiger partial charge in [0.25, 0.3) is 0 Å². The van der Waals surface area contributed by atoms with E-state index in [2.05, 4.69) is 15.9 Å². The smallest absolute Gasteiger partial charge is 0.162 e. The van der Waals surface area contributed by atoms with Gasteiger partial charge in [-0.25, -0.2) is 0 Å². The molecule has 0 saturated carbocycles. The number of halogens is 1. The first-order chi connectivity index (χ1) is 7.08. The number of rotatable bonds is 4. The molecule has 2 N–H and O–H groups in total. The minimum atomic E-state index is 0.120. The van der Waals surface area contributed by atoms with Crippen molar-refractivity contribution in [3.8, 4) is 11.5 Å². The first-order valence-corrected chi connectivity index (χ1v) is 5.61. The van der Waals surface area contributed by atoms with Crippen LogP contribution in [-0.2, 0) is 6.54 Å². The van der Waals surface area contributed by atoms with Gasteiger partial charge in [0.1, 0.15) is 0 Å². The lowest BCUT2D eigenvalue weighted by molar-refractivity contribution is 0.230. The monoisotopic (exact) mass is 273 g/mol. The van der Waals surface area contributed by atoms with Gasteiger partial charge < -0.3 is 15.2 Å². The van der Waals surface area contributed by atoms with Crippen LogP contribution in [0.5, 0.6) is 11.5 Å². The predicted molar refractivity (Wildman–Crippen MR) is 64.3 cm³/mol. The Labute approximate surface area is 98.7 Å². The summed E-state index contributed by atoms with van der Waals surface area (Å²) in [5.41, 5.74) is 6.60. The lowest BCUT2D eigenvalue weighted by Gasteiger charge is -2.15. The summed E-state index contributed by atoms with van der Waals surface area (Å²) in [4.78, 5) is 0. The van der Waals surface area contributed by atoms with E-state index in [9.17, 15) is 0 Å². The normalized spacial score (nSPS) is 10.5. The van der Waals surface area contributed by atoms with Gasteiger partial charge in [-0.1, -0.05) is 15.9 Å². The van der Waals surface area contributed by atoms with Crippen LogP contribution in [0.25, 0.3) is 0 Å². The maximum Gasteiger partial charge on any atom is 0.162 e. The van der Waals surface area contributed by atoms with Crippen molar-refractivity contribution < 1.29 is 9.47 Å². The quantitative estimate of drug-likeness (QED) is 0.918. The van der Waals surface area contributed by atoms with Crippen molar-refractivity contribution in [2.45, 2.75) is 26.5 Å². The molecule has 0 bridgehead atoms. The highest BCUT2D eigenvalue weighted by Crippen LogP contribution is 2.33. The molecule has 0 spiro atoms. The van der Waals surface area contributed by atoms with Crippen molar-refractivity contribution in [1.82, 2.24) is 0 Å². The third-order valence-corrected chi connectivity index (χ3v) is 2.65. The van der Waals surface area contributed by atoms with Gasteiger partial charge in [0.2, 0.25) is 0 Å². The first kappa shape index (κ1) is 12.3. The molecule has 0 radical (unpaired) electrons. The van der Waals surface area contributed by atoms with Crippen molar-refractivity contribution in [1.29, 1.82) is 0 Å². The third-order valence-electron chi connectivity index (χ3n) is 1.92. The summed E-state index contributed by atoms with van der Waals surface area (Å²) >= 11 is 3.45. The summed E-state index contributed by atoms with van der Waals surface area (Å²) in [5, 5.41) is 0. The van der Waals surface area contributed by atoms with E-state index < -0.39 is 0 Å². The molecule has 84 valence electrons. The van der Waals surface area contributed by atoms with Crippen LogP contribution in [0.1, 0.15) is 19.4 Å². The molecule has 0 amide bonds. The lowest BCUT2D eigenvalue weighted by atomic mass is 10.2. The van der Waals surface area contributed by atoms with E-state index in [1.807, 2.05) is 26.0 Å². The van der Waals surface area contributed by atoms with Gasteiger partial charge in [-0.15, -0.1) is 0 Å². The predicted octanol–water partition coefficient (Wildman–Crippen LogP) is 2.70. The topological polar surface area (TPSA) is 44.5 Å². The molecule has 1 aromatic rings. The molecule has 1 rings (SSSR count). The molecular weight excluding hydrogens is 258 g/mol. The highest BCUT2D eigenvalue weighted by molar-refractivity contribution is 9.10. The Balaban J connectivity index is 3.09. The van der Waals surface area contributed by atoms with Crippen LogP contribution in [0.2, 0.25) is 0 Å². The molecule has 0 aliphatic carbocycles. The fourth-order valence-electron chi connectivity index (χ4n) is 1.24. The summed E-state index contributed by atoms with van der Waals surface area (Å²) in [6, 6.07) is 3.78. The van der Waals surface area contributed by atoms with Gasteiger partial charge in [-0.2, -0.15) is 0 Å². The van der Waals surface area contributed by atoms with Gasteiger partial charge in [0.15, 0.2) is 11.5 Å². The molecule has 15 heavy (non-hydrogen) atoms. The first-order valence-electron chi connectivity index (χ1n) is 4.81. The van der Waals surface area contributed by atoms with E-state index in [-0.39, 0.29) is 6.10 Å². The highest BCUT2D eigenvalue weighted by Gasteiger charge is 2.10. The average Bonchev–Trinajstić information content (AvgIpc) is 2.17. The molecule has 3 nitrogen and oxygen atoms in total. The van der Waals surface area contributed by atoms with Gasteiger partial charge in [-0.05, 0) is 31.5 Å². The Hall–Kier alpha value is -0.740. The molecule has 0 saturated heterocycles. The van der Waals surface area contributed by atoms with E-state index >= 15 is 0 Å². The highest BCUT2D eigenvalue weighted by atomic mass is 79.9. The standard InChI is InChI=1S/C11H16BrNO2/c1-7(2)15-11-5-9(12)8(6-13)4-10(11)14-3/h4-5,7H,6,13H2,1-3H3. The fourth-order valence-corrected chi connectivity index (χ4v) is 1.72.